The van der Waals surface area contributed by atoms with E-state index in [1.54, 1.807) is 36.4 Å². The minimum absolute atomic E-state index is 0.0992. The van der Waals surface area contributed by atoms with E-state index in [1.807, 2.05) is 54.6 Å². The molecule has 0 aliphatic heterocycles. The van der Waals surface area contributed by atoms with Gasteiger partial charge in [-0.05, 0) is 41.0 Å². The summed E-state index contributed by atoms with van der Waals surface area (Å²) in [6.07, 6.45) is 3.67. The molecule has 0 radical (unpaired) electrons. The molecule has 0 spiro atoms. The molecule has 1 heterocycles. The molecule has 1 N–H and O–H groups in total. The average molecular weight is 422 g/mol. The molecule has 2 amide bonds. The molecule has 3 aromatic rings. The van der Waals surface area contributed by atoms with E-state index < -0.39 is 6.04 Å². The summed E-state index contributed by atoms with van der Waals surface area (Å²) >= 11 is 6.00. The maximum absolute atomic E-state index is 13.3. The van der Waals surface area contributed by atoms with Gasteiger partial charge in [-0.3, -0.25) is 14.6 Å². The van der Waals surface area contributed by atoms with Gasteiger partial charge in [0, 0.05) is 36.9 Å². The number of pyridine rings is 1. The van der Waals surface area contributed by atoms with Crippen molar-refractivity contribution >= 4 is 23.4 Å². The zero-order valence-corrected chi connectivity index (χ0v) is 17.5. The third kappa shape index (κ3) is 5.67. The Morgan fingerprint density at radius 3 is 2.27 bits per heavy atom. The third-order valence-corrected chi connectivity index (χ3v) is 5.03. The summed E-state index contributed by atoms with van der Waals surface area (Å²) in [6, 6.07) is 19.6. The van der Waals surface area contributed by atoms with Gasteiger partial charge in [0.25, 0.3) is 0 Å². The molecule has 0 fully saturated rings. The minimum Gasteiger partial charge on any atom is -0.350 e. The van der Waals surface area contributed by atoms with Crippen molar-refractivity contribution in [3.8, 4) is 0 Å². The third-order valence-electron chi connectivity index (χ3n) is 4.78. The normalized spacial score (nSPS) is 11.5. The van der Waals surface area contributed by atoms with Crippen molar-refractivity contribution in [2.24, 2.45) is 0 Å². The Morgan fingerprint density at radius 1 is 0.967 bits per heavy atom. The lowest BCUT2D eigenvalue weighted by Crippen LogP contribution is -2.43. The number of nitrogens with one attached hydrogen (secondary N) is 1. The number of benzene rings is 2. The molecule has 5 nitrogen and oxygen atoms in total. The summed E-state index contributed by atoms with van der Waals surface area (Å²) in [4.78, 5) is 31.8. The molecular weight excluding hydrogens is 398 g/mol. The van der Waals surface area contributed by atoms with Gasteiger partial charge < -0.3 is 10.2 Å². The quantitative estimate of drug-likeness (QED) is 0.581. The van der Waals surface area contributed by atoms with Crippen LogP contribution in [0.1, 0.15) is 36.1 Å². The number of hydrogen-bond donors (Lipinski definition) is 1. The molecule has 0 saturated heterocycles. The second kappa shape index (κ2) is 10.6. The molecule has 0 aliphatic rings. The highest BCUT2D eigenvalue weighted by atomic mass is 35.5. The first-order chi connectivity index (χ1) is 14.6. The fourth-order valence-corrected chi connectivity index (χ4v) is 3.33. The van der Waals surface area contributed by atoms with Gasteiger partial charge in [-0.15, -0.1) is 0 Å². The highest BCUT2D eigenvalue weighted by molar-refractivity contribution is 6.30. The predicted octanol–water partition coefficient (Wildman–Crippen LogP) is 4.53. The van der Waals surface area contributed by atoms with E-state index in [-0.39, 0.29) is 11.8 Å². The first-order valence-corrected chi connectivity index (χ1v) is 10.2. The summed E-state index contributed by atoms with van der Waals surface area (Å²) in [5.41, 5.74) is 2.61. The maximum Gasteiger partial charge on any atom is 0.247 e. The van der Waals surface area contributed by atoms with Crippen molar-refractivity contribution in [1.82, 2.24) is 15.2 Å². The Kier molecular flexibility index (Phi) is 7.57. The number of rotatable bonds is 8. The molecule has 0 saturated carbocycles. The number of amides is 2. The van der Waals surface area contributed by atoms with Crippen LogP contribution in [-0.2, 0) is 22.7 Å². The second-order valence-corrected chi connectivity index (χ2v) is 7.32. The van der Waals surface area contributed by atoms with Crippen molar-refractivity contribution in [3.63, 3.8) is 0 Å². The van der Waals surface area contributed by atoms with Gasteiger partial charge >= 0.3 is 0 Å². The van der Waals surface area contributed by atoms with Gasteiger partial charge in [-0.1, -0.05) is 61.0 Å². The summed E-state index contributed by atoms with van der Waals surface area (Å²) in [6.45, 7) is 2.47. The van der Waals surface area contributed by atoms with E-state index >= 15 is 0 Å². The fraction of sp³-hybridized carbons (Fsp3) is 0.208. The van der Waals surface area contributed by atoms with E-state index in [9.17, 15) is 9.59 Å². The fourth-order valence-electron chi connectivity index (χ4n) is 3.21. The van der Waals surface area contributed by atoms with Gasteiger partial charge in [0.2, 0.25) is 11.8 Å². The van der Waals surface area contributed by atoms with Gasteiger partial charge in [0.05, 0.1) is 0 Å². The number of halogens is 1. The van der Waals surface area contributed by atoms with Crippen LogP contribution in [-0.4, -0.2) is 21.7 Å². The topological polar surface area (TPSA) is 62.3 Å². The van der Waals surface area contributed by atoms with Crippen molar-refractivity contribution < 1.29 is 9.59 Å². The van der Waals surface area contributed by atoms with Crippen molar-refractivity contribution in [3.05, 3.63) is 101 Å². The van der Waals surface area contributed by atoms with Crippen molar-refractivity contribution in [2.45, 2.75) is 32.5 Å². The van der Waals surface area contributed by atoms with Gasteiger partial charge in [0.1, 0.15) is 6.04 Å². The number of carbonyl (C=O) groups is 2. The zero-order valence-electron chi connectivity index (χ0n) is 16.8. The Morgan fingerprint density at radius 2 is 1.63 bits per heavy atom. The highest BCUT2D eigenvalue weighted by Gasteiger charge is 2.30. The molecule has 1 unspecified atom stereocenters. The maximum atomic E-state index is 13.3. The smallest absolute Gasteiger partial charge is 0.247 e. The summed E-state index contributed by atoms with van der Waals surface area (Å²) in [5.74, 6) is -0.327. The molecule has 6 heteroatoms. The number of nitrogens with zero attached hydrogens (tertiary/aromatic N) is 2. The SMILES string of the molecule is CCC(=O)N(Cc1ccc(Cl)cc1)C(C(=O)NCc1ccncc1)c1ccccc1. The highest BCUT2D eigenvalue weighted by Crippen LogP contribution is 2.25. The molecule has 0 bridgehead atoms. The lowest BCUT2D eigenvalue weighted by Gasteiger charge is -2.31. The standard InChI is InChI=1S/C24H24ClN3O2/c1-2-22(29)28(17-19-8-10-21(25)11-9-19)23(20-6-4-3-5-7-20)24(30)27-16-18-12-14-26-15-13-18/h3-15,23H,2,16-17H2,1H3,(H,27,30). The minimum atomic E-state index is -0.740. The Balaban J connectivity index is 1.89. The molecule has 3 rings (SSSR count). The second-order valence-electron chi connectivity index (χ2n) is 6.89. The summed E-state index contributed by atoms with van der Waals surface area (Å²) in [7, 11) is 0. The van der Waals surface area contributed by atoms with Crippen LogP contribution < -0.4 is 5.32 Å². The summed E-state index contributed by atoms with van der Waals surface area (Å²) in [5, 5.41) is 3.60. The average Bonchev–Trinajstić information content (AvgIpc) is 2.79. The molecule has 1 aromatic heterocycles. The zero-order chi connectivity index (χ0) is 21.3. The molecular formula is C24H24ClN3O2. The van der Waals surface area contributed by atoms with Crippen LogP contribution in [0.4, 0.5) is 0 Å². The van der Waals surface area contributed by atoms with E-state index in [0.29, 0.717) is 24.5 Å². The van der Waals surface area contributed by atoms with Crippen LogP contribution in [0.2, 0.25) is 5.02 Å². The van der Waals surface area contributed by atoms with E-state index in [0.717, 1.165) is 16.7 Å². The van der Waals surface area contributed by atoms with Crippen LogP contribution in [0.3, 0.4) is 0 Å². The predicted molar refractivity (Wildman–Crippen MR) is 118 cm³/mol. The first kappa shape index (κ1) is 21.5. The van der Waals surface area contributed by atoms with E-state index in [4.69, 9.17) is 11.6 Å². The van der Waals surface area contributed by atoms with E-state index in [1.165, 1.54) is 0 Å². The Hall–Kier alpha value is -3.18. The van der Waals surface area contributed by atoms with Crippen LogP contribution in [0.25, 0.3) is 0 Å². The molecule has 1 atom stereocenters. The lowest BCUT2D eigenvalue weighted by atomic mass is 10.0. The Bertz CT molecular complexity index is 963. The van der Waals surface area contributed by atoms with Gasteiger partial charge in [-0.2, -0.15) is 0 Å². The number of carbonyl (C=O) groups excluding carboxylic acids is 2. The summed E-state index contributed by atoms with van der Waals surface area (Å²) < 4.78 is 0. The molecule has 154 valence electrons. The van der Waals surface area contributed by atoms with Crippen LogP contribution >= 0.6 is 11.6 Å². The van der Waals surface area contributed by atoms with Crippen LogP contribution in [0, 0.1) is 0 Å². The molecule has 0 aliphatic carbocycles. The number of hydrogen-bond acceptors (Lipinski definition) is 3. The van der Waals surface area contributed by atoms with Gasteiger partial charge in [0.15, 0.2) is 0 Å². The van der Waals surface area contributed by atoms with Crippen molar-refractivity contribution in [2.75, 3.05) is 0 Å². The Labute approximate surface area is 181 Å². The van der Waals surface area contributed by atoms with E-state index in [2.05, 4.69) is 10.3 Å². The molecule has 2 aromatic carbocycles. The monoisotopic (exact) mass is 421 g/mol. The number of aromatic nitrogens is 1. The first-order valence-electron chi connectivity index (χ1n) is 9.84. The van der Waals surface area contributed by atoms with Crippen LogP contribution in [0.5, 0.6) is 0 Å². The van der Waals surface area contributed by atoms with Gasteiger partial charge in [-0.25, -0.2) is 0 Å². The lowest BCUT2D eigenvalue weighted by molar-refractivity contribution is -0.141. The van der Waals surface area contributed by atoms with Crippen molar-refractivity contribution in [1.29, 1.82) is 0 Å². The molecule has 30 heavy (non-hydrogen) atoms. The van der Waals surface area contributed by atoms with Crippen LogP contribution in [0.15, 0.2) is 79.1 Å². The largest absolute Gasteiger partial charge is 0.350 e.